The number of Topliss-reactive ketones (excluding diaryl/α,β-unsaturated/α-hetero) is 2. The Bertz CT molecular complexity index is 2170. The van der Waals surface area contributed by atoms with Crippen molar-refractivity contribution in [2.45, 2.75) is 34.6 Å². The summed E-state index contributed by atoms with van der Waals surface area (Å²) in [7, 11) is 0. The van der Waals surface area contributed by atoms with Gasteiger partial charge in [0.2, 0.25) is 0 Å². The monoisotopic (exact) mass is 716 g/mol. The Morgan fingerprint density at radius 3 is 1.11 bits per heavy atom. The van der Waals surface area contributed by atoms with Gasteiger partial charge in [-0.25, -0.2) is 0 Å². The zero-order valence-electron chi connectivity index (χ0n) is 30.8. The number of hydrogen-bond acceptors (Lipinski definition) is 7. The number of rotatable bonds is 7. The van der Waals surface area contributed by atoms with Crippen LogP contribution < -0.4 is 0 Å². The third-order valence-corrected chi connectivity index (χ3v) is 8.48. The van der Waals surface area contributed by atoms with Gasteiger partial charge in [-0.2, -0.15) is 0 Å². The Morgan fingerprint density at radius 1 is 0.481 bits per heavy atom. The quantitative estimate of drug-likeness (QED) is 0.192. The average Bonchev–Trinajstić information content (AvgIpc) is 3.70. The molecule has 0 atom stereocenters. The maximum atomic E-state index is 11.8. The first-order chi connectivity index (χ1) is 25.8. The molecule has 54 heavy (non-hydrogen) atoms. The van der Waals surface area contributed by atoms with E-state index in [0.29, 0.717) is 39.0 Å². The van der Waals surface area contributed by atoms with Crippen molar-refractivity contribution in [3.63, 3.8) is 0 Å². The van der Waals surface area contributed by atoms with Gasteiger partial charge in [0.15, 0.2) is 34.7 Å². The molecule has 3 aromatic carbocycles. The third kappa shape index (κ3) is 10.4. The number of carbonyl (C=O) groups is 6. The molecule has 7 heteroatoms. The van der Waals surface area contributed by atoms with E-state index in [4.69, 9.17) is 0 Å². The van der Waals surface area contributed by atoms with Crippen LogP contribution in [0.15, 0.2) is 178 Å². The van der Waals surface area contributed by atoms with Crippen LogP contribution >= 0.6 is 0 Å². The van der Waals surface area contributed by atoms with E-state index in [1.54, 1.807) is 40.7 Å². The highest BCUT2D eigenvalue weighted by Gasteiger charge is 2.28. The Morgan fingerprint density at radius 2 is 0.815 bits per heavy atom. The van der Waals surface area contributed by atoms with Crippen LogP contribution in [0.3, 0.4) is 0 Å². The van der Waals surface area contributed by atoms with Gasteiger partial charge in [-0.1, -0.05) is 121 Å². The second kappa shape index (κ2) is 18.6. The van der Waals surface area contributed by atoms with E-state index in [9.17, 15) is 33.9 Å². The molecule has 0 saturated heterocycles. The molecule has 6 rings (SSSR count). The van der Waals surface area contributed by atoms with Gasteiger partial charge in [-0.3, -0.25) is 28.8 Å². The van der Waals surface area contributed by atoms with Gasteiger partial charge in [0.1, 0.15) is 11.3 Å². The molecular formula is C47H40O7. The van der Waals surface area contributed by atoms with Crippen LogP contribution in [0.25, 0.3) is 18.2 Å². The molecule has 0 fully saturated rings. The topological polar surface area (TPSA) is 123 Å². The predicted molar refractivity (Wildman–Crippen MR) is 213 cm³/mol. The third-order valence-electron chi connectivity index (χ3n) is 8.48. The van der Waals surface area contributed by atoms with E-state index in [1.165, 1.54) is 24.3 Å². The van der Waals surface area contributed by atoms with E-state index in [1.807, 2.05) is 115 Å². The van der Waals surface area contributed by atoms with Crippen molar-refractivity contribution in [3.05, 3.63) is 194 Å². The number of allylic oxidation sites excluding steroid dienone is 14. The molecule has 0 saturated carbocycles. The fraction of sp³-hybridized carbons (Fsp3) is 0.106. The highest BCUT2D eigenvalue weighted by molar-refractivity contribution is 6.36. The zero-order valence-corrected chi connectivity index (χ0v) is 30.8. The summed E-state index contributed by atoms with van der Waals surface area (Å²) in [6.07, 6.45) is 14.4. The number of ketones is 6. The first kappa shape index (κ1) is 39.9. The number of carbonyl (C=O) groups excluding carboxylic acids is 6. The van der Waals surface area contributed by atoms with Gasteiger partial charge in [0.05, 0.1) is 11.1 Å². The number of aliphatic hydroxyl groups excluding tert-OH is 1. The van der Waals surface area contributed by atoms with Gasteiger partial charge in [0.25, 0.3) is 0 Å². The Kier molecular flexibility index (Phi) is 13.7. The summed E-state index contributed by atoms with van der Waals surface area (Å²) in [6, 6.07) is 28.8. The highest BCUT2D eigenvalue weighted by Crippen LogP contribution is 2.24. The molecule has 0 heterocycles. The van der Waals surface area contributed by atoms with Gasteiger partial charge in [-0.15, -0.1) is 0 Å². The van der Waals surface area contributed by atoms with E-state index in [-0.39, 0.29) is 34.5 Å². The number of hydrogen-bond donors (Lipinski definition) is 1. The lowest BCUT2D eigenvalue weighted by Gasteiger charge is -1.99. The number of aliphatic hydroxyl groups is 1. The molecule has 0 aliphatic heterocycles. The fourth-order valence-corrected chi connectivity index (χ4v) is 5.48. The number of benzene rings is 3. The molecule has 1 N–H and O–H groups in total. The molecule has 0 amide bonds. The highest BCUT2D eigenvalue weighted by atomic mass is 16.3. The molecule has 270 valence electrons. The zero-order chi connectivity index (χ0) is 39.4. The summed E-state index contributed by atoms with van der Waals surface area (Å²) in [5, 5.41) is 9.63. The van der Waals surface area contributed by atoms with Crippen molar-refractivity contribution in [2.24, 2.45) is 0 Å². The minimum atomic E-state index is -0.477. The molecular weight excluding hydrogens is 677 g/mol. The lowest BCUT2D eigenvalue weighted by molar-refractivity contribution is -0.118. The molecule has 0 spiro atoms. The van der Waals surface area contributed by atoms with Crippen LogP contribution in [-0.4, -0.2) is 39.8 Å². The lowest BCUT2D eigenvalue weighted by Crippen LogP contribution is -2.07. The van der Waals surface area contributed by atoms with E-state index in [2.05, 4.69) is 0 Å². The molecule has 0 radical (unpaired) electrons. The largest absolute Gasteiger partial charge is 0.507 e. The molecule has 3 aliphatic rings. The first-order valence-electron chi connectivity index (χ1n) is 17.1. The maximum Gasteiger partial charge on any atom is 0.193 e. The summed E-state index contributed by atoms with van der Waals surface area (Å²) in [6.45, 7) is 8.51. The van der Waals surface area contributed by atoms with Crippen LogP contribution in [-0.2, 0) is 28.8 Å². The fourth-order valence-electron chi connectivity index (χ4n) is 5.48. The van der Waals surface area contributed by atoms with E-state index >= 15 is 0 Å². The Hall–Kier alpha value is -6.86. The standard InChI is InChI=1S/2C16H14O2.C15H12O3/c2*1-11(8-9-13-6-4-3-5-7-13)15-14(17)10-12(2)16(15)18;1-10-9-13(17)14(15(10)18)12(16)8-7-11-5-3-2-4-6-11/h2*3-10H,1-2H3;2-9,18H,1H3/b9-8+,15-11+;9-8+,15-11-;8-7+. The van der Waals surface area contributed by atoms with Crippen LogP contribution in [0, 0.1) is 0 Å². The van der Waals surface area contributed by atoms with Crippen molar-refractivity contribution < 1.29 is 33.9 Å². The summed E-state index contributed by atoms with van der Waals surface area (Å²) in [4.78, 5) is 70.2. The van der Waals surface area contributed by atoms with Crippen molar-refractivity contribution in [1.82, 2.24) is 0 Å². The molecule has 0 aromatic heterocycles. The summed E-state index contributed by atoms with van der Waals surface area (Å²) in [5.74, 6) is -1.82. The second-order valence-electron chi connectivity index (χ2n) is 12.7. The van der Waals surface area contributed by atoms with E-state index < -0.39 is 11.6 Å². The van der Waals surface area contributed by atoms with E-state index in [0.717, 1.165) is 16.7 Å². The minimum Gasteiger partial charge on any atom is -0.507 e. The van der Waals surface area contributed by atoms with Gasteiger partial charge in [-0.05, 0) is 92.3 Å². The van der Waals surface area contributed by atoms with Crippen LogP contribution in [0.2, 0.25) is 0 Å². The van der Waals surface area contributed by atoms with Gasteiger partial charge < -0.3 is 5.11 Å². The maximum absolute atomic E-state index is 11.8. The van der Waals surface area contributed by atoms with Crippen molar-refractivity contribution in [3.8, 4) is 0 Å². The smallest absolute Gasteiger partial charge is 0.193 e. The summed E-state index contributed by atoms with van der Waals surface area (Å²) in [5.41, 5.74) is 6.26. The van der Waals surface area contributed by atoms with Gasteiger partial charge in [0, 0.05) is 11.1 Å². The Balaban J connectivity index is 0.000000180. The second-order valence-corrected chi connectivity index (χ2v) is 12.7. The summed E-state index contributed by atoms with van der Waals surface area (Å²) >= 11 is 0. The van der Waals surface area contributed by atoms with Crippen LogP contribution in [0.4, 0.5) is 0 Å². The minimum absolute atomic E-state index is 0.153. The lowest BCUT2D eigenvalue weighted by atomic mass is 10.0. The van der Waals surface area contributed by atoms with Crippen molar-refractivity contribution in [1.29, 1.82) is 0 Å². The molecule has 3 aliphatic carbocycles. The van der Waals surface area contributed by atoms with Gasteiger partial charge >= 0.3 is 0 Å². The normalized spacial score (nSPS) is 17.4. The van der Waals surface area contributed by atoms with Crippen molar-refractivity contribution in [2.75, 3.05) is 0 Å². The average molecular weight is 717 g/mol. The SMILES string of the molecule is CC1=CC(=O)/C(=C(C)/C=C/c2ccccc2)C1=O.CC1=CC(=O)/C(=C(C)\C=C\c2ccccc2)C1=O.CC1=CC(=O)C(C(=O)/C=C/c2ccccc2)=C1O. The predicted octanol–water partition coefficient (Wildman–Crippen LogP) is 8.84. The Labute approximate surface area is 315 Å². The summed E-state index contributed by atoms with van der Waals surface area (Å²) < 4.78 is 0. The molecule has 0 bridgehead atoms. The van der Waals surface area contributed by atoms with Crippen molar-refractivity contribution >= 4 is 52.9 Å². The molecule has 3 aromatic rings. The first-order valence-corrected chi connectivity index (χ1v) is 17.1. The van der Waals surface area contributed by atoms with Crippen LogP contribution in [0.5, 0.6) is 0 Å². The molecule has 7 nitrogen and oxygen atoms in total. The van der Waals surface area contributed by atoms with Crippen LogP contribution in [0.1, 0.15) is 51.3 Å². The molecule has 0 unspecified atom stereocenters.